The van der Waals surface area contributed by atoms with Crippen molar-refractivity contribution in [1.29, 1.82) is 0 Å². The summed E-state index contributed by atoms with van der Waals surface area (Å²) in [4.78, 5) is 10.8. The Bertz CT molecular complexity index is 664. The second-order valence-corrected chi connectivity index (χ2v) is 5.06. The molecule has 94 valence electrons. The third-order valence-electron chi connectivity index (χ3n) is 2.13. The van der Waals surface area contributed by atoms with Gasteiger partial charge in [-0.05, 0) is 24.3 Å². The maximum Gasteiger partial charge on any atom is 0.335 e. The summed E-state index contributed by atoms with van der Waals surface area (Å²) < 4.78 is 25.9. The van der Waals surface area contributed by atoms with Crippen LogP contribution in [0, 0.1) is 0 Å². The lowest BCUT2D eigenvalue weighted by Gasteiger charge is -2.06. The van der Waals surface area contributed by atoms with Crippen molar-refractivity contribution < 1.29 is 18.3 Å². The molecule has 1 aromatic carbocycles. The number of carboxylic acids is 1. The van der Waals surface area contributed by atoms with E-state index in [2.05, 4.69) is 14.9 Å². The minimum atomic E-state index is -3.77. The lowest BCUT2D eigenvalue weighted by Crippen LogP contribution is -2.13. The Labute approximate surface area is 103 Å². The summed E-state index contributed by atoms with van der Waals surface area (Å²) in [6, 6.07) is 6.81. The summed E-state index contributed by atoms with van der Waals surface area (Å²) in [5.41, 5.74) is 0.171. The topological polar surface area (TPSA) is 112 Å². The zero-order valence-corrected chi connectivity index (χ0v) is 9.81. The van der Waals surface area contributed by atoms with Crippen LogP contribution in [0.4, 0.5) is 5.69 Å². The van der Waals surface area contributed by atoms with E-state index < -0.39 is 16.0 Å². The summed E-state index contributed by atoms with van der Waals surface area (Å²) in [5.74, 6) is -1.13. The lowest BCUT2D eigenvalue weighted by molar-refractivity contribution is 0.0697. The standard InChI is InChI=1S/C10H9N3O4S/c14-10(15)7-2-1-3-8(6-7)13-18(16,17)9-4-5-11-12-9/h1-6,13H,(H,11,12)(H,14,15). The van der Waals surface area contributed by atoms with Gasteiger partial charge in [0.25, 0.3) is 10.0 Å². The second-order valence-electron chi connectivity index (χ2n) is 3.41. The molecule has 0 aliphatic rings. The van der Waals surface area contributed by atoms with Crippen molar-refractivity contribution in [2.24, 2.45) is 0 Å². The first-order valence-corrected chi connectivity index (χ1v) is 6.33. The van der Waals surface area contributed by atoms with E-state index in [1.165, 1.54) is 36.5 Å². The molecule has 7 nitrogen and oxygen atoms in total. The maximum atomic E-state index is 11.8. The molecular formula is C10H9N3O4S. The fourth-order valence-electron chi connectivity index (χ4n) is 1.32. The normalized spacial score (nSPS) is 11.1. The number of hydrogen-bond acceptors (Lipinski definition) is 4. The molecule has 2 rings (SSSR count). The number of nitrogens with zero attached hydrogens (tertiary/aromatic N) is 1. The van der Waals surface area contributed by atoms with E-state index in [4.69, 9.17) is 5.11 Å². The maximum absolute atomic E-state index is 11.8. The van der Waals surface area contributed by atoms with Crippen LogP contribution >= 0.6 is 0 Å². The van der Waals surface area contributed by atoms with Crippen LogP contribution in [0.2, 0.25) is 0 Å². The SMILES string of the molecule is O=C(O)c1cccc(NS(=O)(=O)c2ccn[nH]2)c1. The summed E-state index contributed by atoms with van der Waals surface area (Å²) in [6.07, 6.45) is 1.31. The minimum absolute atomic E-state index is 0.000175. The second kappa shape index (κ2) is 4.49. The average molecular weight is 267 g/mol. The van der Waals surface area contributed by atoms with Crippen molar-refractivity contribution in [3.8, 4) is 0 Å². The molecule has 0 fully saturated rings. The first-order chi connectivity index (χ1) is 8.49. The van der Waals surface area contributed by atoms with Gasteiger partial charge in [0.05, 0.1) is 11.8 Å². The number of H-pyrrole nitrogens is 1. The fourth-order valence-corrected chi connectivity index (χ4v) is 2.28. The summed E-state index contributed by atoms with van der Waals surface area (Å²) in [5, 5.41) is 14.6. The number of rotatable bonds is 4. The molecule has 0 atom stereocenters. The van der Waals surface area contributed by atoms with Crippen LogP contribution in [0.1, 0.15) is 10.4 Å². The molecule has 0 radical (unpaired) electrons. The van der Waals surface area contributed by atoms with Gasteiger partial charge in [-0.2, -0.15) is 13.5 Å². The highest BCUT2D eigenvalue weighted by Crippen LogP contribution is 2.15. The van der Waals surface area contributed by atoms with Gasteiger partial charge >= 0.3 is 5.97 Å². The molecule has 1 aromatic heterocycles. The summed E-state index contributed by atoms with van der Waals surface area (Å²) >= 11 is 0. The zero-order valence-electron chi connectivity index (χ0n) is 8.99. The molecule has 0 unspecified atom stereocenters. The first-order valence-electron chi connectivity index (χ1n) is 4.84. The number of carboxylic acid groups (broad SMARTS) is 1. The van der Waals surface area contributed by atoms with Crippen LogP contribution in [-0.2, 0) is 10.0 Å². The lowest BCUT2D eigenvalue weighted by atomic mass is 10.2. The van der Waals surface area contributed by atoms with Gasteiger partial charge in [-0.3, -0.25) is 9.82 Å². The number of sulfonamides is 1. The van der Waals surface area contributed by atoms with Gasteiger partial charge < -0.3 is 5.11 Å². The molecule has 0 aliphatic heterocycles. The molecule has 0 amide bonds. The predicted octanol–water partition coefficient (Wildman–Crippen LogP) is 0.909. The molecular weight excluding hydrogens is 258 g/mol. The monoisotopic (exact) mass is 267 g/mol. The number of nitrogens with one attached hydrogen (secondary N) is 2. The smallest absolute Gasteiger partial charge is 0.335 e. The zero-order chi connectivity index (χ0) is 13.2. The number of aromatic amines is 1. The largest absolute Gasteiger partial charge is 0.478 e. The van der Waals surface area contributed by atoms with Gasteiger partial charge in [0.2, 0.25) is 0 Å². The van der Waals surface area contributed by atoms with Crippen LogP contribution in [0.25, 0.3) is 0 Å². The molecule has 1 heterocycles. The van der Waals surface area contributed by atoms with Gasteiger partial charge in [-0.25, -0.2) is 4.79 Å². The predicted molar refractivity (Wildman–Crippen MR) is 62.8 cm³/mol. The number of aromatic nitrogens is 2. The Morgan fingerprint density at radius 3 is 2.72 bits per heavy atom. The van der Waals surface area contributed by atoms with Gasteiger partial charge in [-0.15, -0.1) is 0 Å². The number of benzene rings is 1. The van der Waals surface area contributed by atoms with Gasteiger partial charge in [0.15, 0.2) is 5.03 Å². The van der Waals surface area contributed by atoms with E-state index in [1.54, 1.807) is 0 Å². The number of aromatic carboxylic acids is 1. The quantitative estimate of drug-likeness (QED) is 0.762. The Morgan fingerprint density at radius 2 is 2.11 bits per heavy atom. The molecule has 0 spiro atoms. The van der Waals surface area contributed by atoms with Gasteiger partial charge in [0, 0.05) is 5.69 Å². The van der Waals surface area contributed by atoms with E-state index >= 15 is 0 Å². The van der Waals surface area contributed by atoms with E-state index in [-0.39, 0.29) is 16.3 Å². The van der Waals surface area contributed by atoms with Crippen molar-refractivity contribution in [1.82, 2.24) is 10.2 Å². The molecule has 18 heavy (non-hydrogen) atoms. The number of carbonyl (C=O) groups is 1. The Morgan fingerprint density at radius 1 is 1.33 bits per heavy atom. The third kappa shape index (κ3) is 2.48. The van der Waals surface area contributed by atoms with Crippen LogP contribution in [0.15, 0.2) is 41.6 Å². The average Bonchev–Trinajstić information content (AvgIpc) is 2.82. The first kappa shape index (κ1) is 12.1. The molecule has 0 saturated heterocycles. The highest BCUT2D eigenvalue weighted by atomic mass is 32.2. The van der Waals surface area contributed by atoms with Gasteiger partial charge in [0.1, 0.15) is 0 Å². The van der Waals surface area contributed by atoms with Crippen LogP contribution in [-0.4, -0.2) is 29.7 Å². The summed E-state index contributed by atoms with van der Waals surface area (Å²) in [7, 11) is -3.77. The molecule has 0 saturated carbocycles. The van der Waals surface area contributed by atoms with E-state index in [0.29, 0.717) is 0 Å². The third-order valence-corrected chi connectivity index (χ3v) is 3.44. The van der Waals surface area contributed by atoms with Crippen molar-refractivity contribution in [2.45, 2.75) is 5.03 Å². The van der Waals surface area contributed by atoms with Crippen LogP contribution < -0.4 is 4.72 Å². The Hall–Kier alpha value is -2.35. The van der Waals surface area contributed by atoms with Crippen molar-refractivity contribution in [3.05, 3.63) is 42.1 Å². The number of anilines is 1. The highest BCUT2D eigenvalue weighted by Gasteiger charge is 2.16. The van der Waals surface area contributed by atoms with E-state index in [1.807, 2.05) is 0 Å². The molecule has 0 bridgehead atoms. The fraction of sp³-hybridized carbons (Fsp3) is 0. The van der Waals surface area contributed by atoms with Crippen molar-refractivity contribution in [3.63, 3.8) is 0 Å². The van der Waals surface area contributed by atoms with E-state index in [9.17, 15) is 13.2 Å². The highest BCUT2D eigenvalue weighted by molar-refractivity contribution is 7.92. The van der Waals surface area contributed by atoms with Crippen molar-refractivity contribution >= 4 is 21.7 Å². The van der Waals surface area contributed by atoms with Crippen LogP contribution in [0.3, 0.4) is 0 Å². The van der Waals surface area contributed by atoms with Crippen molar-refractivity contribution in [2.75, 3.05) is 4.72 Å². The molecule has 2 aromatic rings. The summed E-state index contributed by atoms with van der Waals surface area (Å²) in [6.45, 7) is 0. The number of hydrogen-bond donors (Lipinski definition) is 3. The van der Waals surface area contributed by atoms with Crippen LogP contribution in [0.5, 0.6) is 0 Å². The Balaban J connectivity index is 2.30. The minimum Gasteiger partial charge on any atom is -0.478 e. The molecule has 3 N–H and O–H groups in total. The molecule has 8 heteroatoms. The van der Waals surface area contributed by atoms with E-state index in [0.717, 1.165) is 0 Å². The Kier molecular flexibility index (Phi) is 3.02. The molecule has 0 aliphatic carbocycles. The van der Waals surface area contributed by atoms with Gasteiger partial charge in [-0.1, -0.05) is 6.07 Å².